The zero-order chi connectivity index (χ0) is 21.1. The molecule has 2 aromatic carbocycles. The Labute approximate surface area is 178 Å². The van der Waals surface area contributed by atoms with Crippen LogP contribution in [0.4, 0.5) is 5.69 Å². The molecule has 3 atom stereocenters. The molecule has 1 aliphatic heterocycles. The number of carbonyl (C=O) groups excluding carboxylic acids is 1. The van der Waals surface area contributed by atoms with Crippen LogP contribution >= 0.6 is 0 Å². The number of carbonyl (C=O) groups is 1. The Kier molecular flexibility index (Phi) is 5.98. The lowest BCUT2D eigenvalue weighted by Gasteiger charge is -2.38. The van der Waals surface area contributed by atoms with Gasteiger partial charge >= 0.3 is 0 Å². The zero-order valence-corrected chi connectivity index (χ0v) is 17.9. The Hall–Kier alpha value is -2.95. The highest BCUT2D eigenvalue weighted by molar-refractivity contribution is 5.95. The highest BCUT2D eigenvalue weighted by Crippen LogP contribution is 2.50. The van der Waals surface area contributed by atoms with Crippen LogP contribution in [0.15, 0.2) is 48.6 Å². The van der Waals surface area contributed by atoms with Crippen LogP contribution in [0.3, 0.4) is 0 Å². The lowest BCUT2D eigenvalue weighted by Crippen LogP contribution is -2.30. The van der Waals surface area contributed by atoms with E-state index in [0.717, 1.165) is 48.6 Å². The first-order valence-corrected chi connectivity index (χ1v) is 10.7. The average Bonchev–Trinajstić information content (AvgIpc) is 3.28. The van der Waals surface area contributed by atoms with Gasteiger partial charge in [0, 0.05) is 23.7 Å². The van der Waals surface area contributed by atoms with Crippen molar-refractivity contribution < 1.29 is 14.3 Å². The molecule has 1 heterocycles. The smallest absolute Gasteiger partial charge is 0.251 e. The first-order valence-electron chi connectivity index (χ1n) is 10.7. The fraction of sp³-hybridized carbons (Fsp3) is 0.400. The van der Waals surface area contributed by atoms with Gasteiger partial charge in [-0.05, 0) is 60.2 Å². The molecule has 30 heavy (non-hydrogen) atoms. The fourth-order valence-electron chi connectivity index (χ4n) is 4.59. The molecule has 0 aromatic heterocycles. The van der Waals surface area contributed by atoms with Gasteiger partial charge in [-0.3, -0.25) is 4.79 Å². The lowest BCUT2D eigenvalue weighted by atomic mass is 9.76. The first kappa shape index (κ1) is 20.3. The second-order valence-electron chi connectivity index (χ2n) is 8.00. The molecule has 3 unspecified atom stereocenters. The number of rotatable bonds is 7. The summed E-state index contributed by atoms with van der Waals surface area (Å²) in [7, 11) is 3.32. The van der Waals surface area contributed by atoms with Gasteiger partial charge in [-0.15, -0.1) is 0 Å². The molecule has 0 saturated carbocycles. The van der Waals surface area contributed by atoms with Crippen LogP contribution in [0, 0.1) is 5.92 Å². The molecule has 2 N–H and O–H groups in total. The standard InChI is InChI=1S/C25H30N2O3/c1-4-5-13-26-25(28)17-9-11-21-20(14-17)18-7-6-8-19(18)24(27-21)16-10-12-22(29-2)23(15-16)30-3/h6-7,9-12,14-15,18-19,24,27H,4-5,8,13H2,1-3H3,(H,26,28). The molecule has 0 radical (unpaired) electrons. The van der Waals surface area contributed by atoms with Gasteiger partial charge in [0.05, 0.1) is 20.3 Å². The molecule has 0 saturated heterocycles. The molecule has 2 aromatic rings. The third-order valence-electron chi connectivity index (χ3n) is 6.21. The minimum absolute atomic E-state index is 0.00629. The van der Waals surface area contributed by atoms with E-state index in [1.807, 2.05) is 18.2 Å². The van der Waals surface area contributed by atoms with Gasteiger partial charge < -0.3 is 20.1 Å². The van der Waals surface area contributed by atoms with Crippen molar-refractivity contribution in [1.82, 2.24) is 5.32 Å². The summed E-state index contributed by atoms with van der Waals surface area (Å²) < 4.78 is 10.9. The molecule has 2 aliphatic rings. The van der Waals surface area contributed by atoms with Crippen LogP contribution in [0.2, 0.25) is 0 Å². The highest BCUT2D eigenvalue weighted by atomic mass is 16.5. The van der Waals surface area contributed by atoms with Gasteiger partial charge in [0.1, 0.15) is 0 Å². The van der Waals surface area contributed by atoms with Crippen molar-refractivity contribution in [1.29, 1.82) is 0 Å². The topological polar surface area (TPSA) is 59.6 Å². The van der Waals surface area contributed by atoms with E-state index in [4.69, 9.17) is 9.47 Å². The molecule has 5 nitrogen and oxygen atoms in total. The van der Waals surface area contributed by atoms with Gasteiger partial charge in [0.2, 0.25) is 0 Å². The predicted molar refractivity (Wildman–Crippen MR) is 120 cm³/mol. The Balaban J connectivity index is 1.63. The summed E-state index contributed by atoms with van der Waals surface area (Å²) in [5.74, 6) is 2.17. The molecule has 4 rings (SSSR count). The SMILES string of the molecule is CCCCNC(=O)c1ccc2c(c1)C1C=CCC1C(c1ccc(OC)c(OC)c1)N2. The van der Waals surface area contributed by atoms with Crippen molar-refractivity contribution in [3.63, 3.8) is 0 Å². The van der Waals surface area contributed by atoms with Crippen LogP contribution in [0.1, 0.15) is 59.6 Å². The predicted octanol–water partition coefficient (Wildman–Crippen LogP) is 5.06. The molecule has 0 fully saturated rings. The van der Waals surface area contributed by atoms with Crippen molar-refractivity contribution in [2.45, 2.75) is 38.1 Å². The second kappa shape index (κ2) is 8.82. The summed E-state index contributed by atoms with van der Waals surface area (Å²) in [6.07, 6.45) is 7.62. The molecular weight excluding hydrogens is 376 g/mol. The molecule has 158 valence electrons. The van der Waals surface area contributed by atoms with Crippen molar-refractivity contribution in [3.05, 3.63) is 65.2 Å². The van der Waals surface area contributed by atoms with Crippen molar-refractivity contribution in [2.24, 2.45) is 5.92 Å². The van der Waals surface area contributed by atoms with Gasteiger partial charge in [-0.2, -0.15) is 0 Å². The maximum atomic E-state index is 12.5. The van der Waals surface area contributed by atoms with E-state index in [0.29, 0.717) is 11.8 Å². The molecular formula is C25H30N2O3. The number of fused-ring (bicyclic) bond motifs is 3. The minimum Gasteiger partial charge on any atom is -0.493 e. The summed E-state index contributed by atoms with van der Waals surface area (Å²) in [5, 5.41) is 6.75. The summed E-state index contributed by atoms with van der Waals surface area (Å²) in [6.45, 7) is 2.84. The van der Waals surface area contributed by atoms with Crippen LogP contribution in [-0.4, -0.2) is 26.7 Å². The number of nitrogens with one attached hydrogen (secondary N) is 2. The number of benzene rings is 2. The molecule has 0 spiro atoms. The fourth-order valence-corrected chi connectivity index (χ4v) is 4.59. The monoisotopic (exact) mass is 406 g/mol. The number of anilines is 1. The summed E-state index contributed by atoms with van der Waals surface area (Å²) in [6, 6.07) is 12.3. The van der Waals surface area contributed by atoms with Crippen LogP contribution < -0.4 is 20.1 Å². The van der Waals surface area contributed by atoms with Gasteiger partial charge in [0.25, 0.3) is 5.91 Å². The van der Waals surface area contributed by atoms with Gasteiger partial charge in [-0.1, -0.05) is 31.6 Å². The van der Waals surface area contributed by atoms with Crippen LogP contribution in [0.5, 0.6) is 11.5 Å². The number of hydrogen-bond acceptors (Lipinski definition) is 4. The Morgan fingerprint density at radius 2 is 1.97 bits per heavy atom. The Morgan fingerprint density at radius 3 is 2.73 bits per heavy atom. The summed E-state index contributed by atoms with van der Waals surface area (Å²) in [5.41, 5.74) is 4.20. The number of ether oxygens (including phenoxy) is 2. The Bertz CT molecular complexity index is 953. The third-order valence-corrected chi connectivity index (χ3v) is 6.21. The van der Waals surface area contributed by atoms with Crippen LogP contribution in [-0.2, 0) is 0 Å². The van der Waals surface area contributed by atoms with E-state index in [2.05, 4.69) is 47.9 Å². The van der Waals surface area contributed by atoms with Crippen molar-refractivity contribution >= 4 is 11.6 Å². The van der Waals surface area contributed by atoms with Gasteiger partial charge in [-0.25, -0.2) is 0 Å². The van der Waals surface area contributed by atoms with Crippen molar-refractivity contribution in [2.75, 3.05) is 26.1 Å². The molecule has 5 heteroatoms. The van der Waals surface area contributed by atoms with E-state index in [1.54, 1.807) is 14.2 Å². The lowest BCUT2D eigenvalue weighted by molar-refractivity contribution is 0.0953. The third kappa shape index (κ3) is 3.76. The van der Waals surface area contributed by atoms with E-state index in [1.165, 1.54) is 11.1 Å². The maximum absolute atomic E-state index is 12.5. The second-order valence-corrected chi connectivity index (χ2v) is 8.00. The number of hydrogen-bond donors (Lipinski definition) is 2. The quantitative estimate of drug-likeness (QED) is 0.498. The summed E-state index contributed by atoms with van der Waals surface area (Å²) in [4.78, 5) is 12.5. The maximum Gasteiger partial charge on any atom is 0.251 e. The first-order chi connectivity index (χ1) is 14.7. The summed E-state index contributed by atoms with van der Waals surface area (Å²) >= 11 is 0. The largest absolute Gasteiger partial charge is 0.493 e. The number of unbranched alkanes of at least 4 members (excludes halogenated alkanes) is 1. The Morgan fingerprint density at radius 1 is 1.13 bits per heavy atom. The van der Waals surface area contributed by atoms with Crippen LogP contribution in [0.25, 0.3) is 0 Å². The van der Waals surface area contributed by atoms with E-state index in [-0.39, 0.29) is 11.9 Å². The number of allylic oxidation sites excluding steroid dienone is 2. The van der Waals surface area contributed by atoms with E-state index in [9.17, 15) is 4.79 Å². The highest BCUT2D eigenvalue weighted by Gasteiger charge is 2.38. The number of amides is 1. The molecule has 1 amide bonds. The minimum atomic E-state index is 0.00629. The van der Waals surface area contributed by atoms with Gasteiger partial charge in [0.15, 0.2) is 11.5 Å². The molecule has 1 aliphatic carbocycles. The van der Waals surface area contributed by atoms with E-state index >= 15 is 0 Å². The zero-order valence-electron chi connectivity index (χ0n) is 17.9. The number of methoxy groups -OCH3 is 2. The van der Waals surface area contributed by atoms with Crippen molar-refractivity contribution in [3.8, 4) is 11.5 Å². The normalized spacial score (nSPS) is 21.4. The molecule has 0 bridgehead atoms. The van der Waals surface area contributed by atoms with E-state index < -0.39 is 0 Å². The average molecular weight is 407 g/mol.